The fourth-order valence-electron chi connectivity index (χ4n) is 3.15. The number of amides is 3. The molecule has 0 radical (unpaired) electrons. The van der Waals surface area contributed by atoms with Crippen LogP contribution in [0.15, 0.2) is 0 Å². The number of likely N-dealkylation sites (tertiary alicyclic amines) is 1. The molecule has 2 unspecified atom stereocenters. The maximum Gasteiger partial charge on any atom is 0.312 e. The Labute approximate surface area is 120 Å². The molecule has 0 aromatic heterocycles. The van der Waals surface area contributed by atoms with Crippen LogP contribution in [-0.2, 0) is 4.79 Å². The lowest BCUT2D eigenvalue weighted by atomic mass is 9.96. The van der Waals surface area contributed by atoms with Gasteiger partial charge in [-0.15, -0.1) is 0 Å². The molecule has 2 heterocycles. The molecule has 20 heavy (non-hydrogen) atoms. The lowest BCUT2D eigenvalue weighted by molar-refractivity contribution is -0.133. The van der Waals surface area contributed by atoms with Gasteiger partial charge in [0.25, 0.3) is 0 Å². The highest BCUT2D eigenvalue weighted by Gasteiger charge is 2.24. The quantitative estimate of drug-likeness (QED) is 0.677. The molecule has 0 aromatic rings. The van der Waals surface area contributed by atoms with E-state index < -0.39 is 6.03 Å². The van der Waals surface area contributed by atoms with Crippen molar-refractivity contribution in [1.82, 2.24) is 15.5 Å². The van der Waals surface area contributed by atoms with E-state index in [-0.39, 0.29) is 5.91 Å². The Balaban J connectivity index is 1.70. The van der Waals surface area contributed by atoms with Gasteiger partial charge in [0, 0.05) is 26.1 Å². The summed E-state index contributed by atoms with van der Waals surface area (Å²) in [6.45, 7) is 4.32. The first-order valence-electron chi connectivity index (χ1n) is 7.67. The number of piperidine rings is 1. The van der Waals surface area contributed by atoms with Crippen molar-refractivity contribution in [2.24, 2.45) is 17.6 Å². The summed E-state index contributed by atoms with van der Waals surface area (Å²) < 4.78 is 0. The first-order chi connectivity index (χ1) is 9.65. The molecule has 4 N–H and O–H groups in total. The monoisotopic (exact) mass is 282 g/mol. The Kier molecular flexibility index (Phi) is 5.64. The van der Waals surface area contributed by atoms with E-state index in [9.17, 15) is 9.59 Å². The summed E-state index contributed by atoms with van der Waals surface area (Å²) in [4.78, 5) is 24.9. The van der Waals surface area contributed by atoms with Crippen LogP contribution in [0, 0.1) is 11.8 Å². The number of urea groups is 1. The normalized spacial score (nSPS) is 26.5. The van der Waals surface area contributed by atoms with Gasteiger partial charge in [0.2, 0.25) is 5.91 Å². The van der Waals surface area contributed by atoms with Crippen LogP contribution in [-0.4, -0.2) is 49.6 Å². The van der Waals surface area contributed by atoms with Gasteiger partial charge in [-0.25, -0.2) is 4.79 Å². The number of nitrogens with one attached hydrogen (secondary N) is 2. The van der Waals surface area contributed by atoms with Crippen LogP contribution in [0.25, 0.3) is 0 Å². The predicted octanol–water partition coefficient (Wildman–Crippen LogP) is 0.283. The molecule has 0 spiro atoms. The van der Waals surface area contributed by atoms with Crippen molar-refractivity contribution < 1.29 is 9.59 Å². The molecular weight excluding hydrogens is 256 g/mol. The number of carbonyl (C=O) groups excluding carboxylic acids is 2. The topological polar surface area (TPSA) is 87.5 Å². The Hall–Kier alpha value is -1.30. The van der Waals surface area contributed by atoms with E-state index in [1.807, 2.05) is 4.90 Å². The summed E-state index contributed by atoms with van der Waals surface area (Å²) in [5.41, 5.74) is 5.09. The molecule has 0 aliphatic carbocycles. The highest BCUT2D eigenvalue weighted by molar-refractivity contribution is 5.76. The van der Waals surface area contributed by atoms with Crippen molar-refractivity contribution in [1.29, 1.82) is 0 Å². The van der Waals surface area contributed by atoms with Crippen LogP contribution < -0.4 is 16.4 Å². The summed E-state index contributed by atoms with van der Waals surface area (Å²) in [5.74, 6) is 1.27. The fourth-order valence-corrected chi connectivity index (χ4v) is 3.15. The van der Waals surface area contributed by atoms with Crippen LogP contribution >= 0.6 is 0 Å². The number of hydrogen-bond acceptors (Lipinski definition) is 3. The number of primary amides is 1. The average molecular weight is 282 g/mol. The van der Waals surface area contributed by atoms with Crippen molar-refractivity contribution in [2.75, 3.05) is 32.7 Å². The first kappa shape index (κ1) is 15.1. The zero-order valence-corrected chi connectivity index (χ0v) is 12.1. The Morgan fingerprint density at radius 1 is 1.30 bits per heavy atom. The minimum absolute atomic E-state index is 0.265. The van der Waals surface area contributed by atoms with Crippen molar-refractivity contribution in [3.8, 4) is 0 Å². The number of nitrogens with two attached hydrogens (primary N) is 1. The van der Waals surface area contributed by atoms with Crippen molar-refractivity contribution in [3.05, 3.63) is 0 Å². The maximum atomic E-state index is 12.2. The van der Waals surface area contributed by atoms with Gasteiger partial charge in [-0.1, -0.05) is 0 Å². The van der Waals surface area contributed by atoms with Crippen molar-refractivity contribution in [3.63, 3.8) is 0 Å². The second-order valence-corrected chi connectivity index (χ2v) is 5.99. The maximum absolute atomic E-state index is 12.2. The predicted molar refractivity (Wildman–Crippen MR) is 77.1 cm³/mol. The van der Waals surface area contributed by atoms with Crippen LogP contribution in [0.1, 0.15) is 32.1 Å². The van der Waals surface area contributed by atoms with Crippen LogP contribution in [0.2, 0.25) is 0 Å². The largest absolute Gasteiger partial charge is 0.352 e. The lowest BCUT2D eigenvalue weighted by Gasteiger charge is -2.33. The molecule has 6 heteroatoms. The molecule has 3 amide bonds. The highest BCUT2D eigenvalue weighted by Crippen LogP contribution is 2.19. The lowest BCUT2D eigenvalue weighted by Crippen LogP contribution is -2.44. The zero-order chi connectivity index (χ0) is 14.4. The van der Waals surface area contributed by atoms with Gasteiger partial charge in [0.1, 0.15) is 0 Å². The molecule has 0 saturated carbocycles. The van der Waals surface area contributed by atoms with Gasteiger partial charge in [-0.2, -0.15) is 0 Å². The molecule has 2 aliphatic heterocycles. The van der Waals surface area contributed by atoms with E-state index in [1.54, 1.807) is 0 Å². The molecular formula is C14H26N4O2. The molecule has 2 atom stereocenters. The van der Waals surface area contributed by atoms with Gasteiger partial charge in [0.05, 0.1) is 0 Å². The van der Waals surface area contributed by atoms with Gasteiger partial charge in [0.15, 0.2) is 0 Å². The minimum Gasteiger partial charge on any atom is -0.352 e. The van der Waals surface area contributed by atoms with Gasteiger partial charge in [-0.3, -0.25) is 4.79 Å². The summed E-state index contributed by atoms with van der Waals surface area (Å²) in [5, 5.41) is 5.98. The second-order valence-electron chi connectivity index (χ2n) is 5.99. The van der Waals surface area contributed by atoms with E-state index in [1.165, 1.54) is 6.42 Å². The summed E-state index contributed by atoms with van der Waals surface area (Å²) in [6, 6.07) is -0.484. The number of rotatable bonds is 5. The van der Waals surface area contributed by atoms with E-state index in [2.05, 4.69) is 10.6 Å². The summed E-state index contributed by atoms with van der Waals surface area (Å²) in [7, 11) is 0. The number of carbonyl (C=O) groups is 2. The Bertz CT molecular complexity index is 342. The van der Waals surface area contributed by atoms with Gasteiger partial charge < -0.3 is 21.3 Å². The van der Waals surface area contributed by atoms with E-state index in [0.717, 1.165) is 45.4 Å². The van der Waals surface area contributed by atoms with Crippen molar-refractivity contribution in [2.45, 2.75) is 32.1 Å². The first-order valence-corrected chi connectivity index (χ1v) is 7.67. The van der Waals surface area contributed by atoms with E-state index >= 15 is 0 Å². The molecule has 2 fully saturated rings. The van der Waals surface area contributed by atoms with Crippen LogP contribution in [0.3, 0.4) is 0 Å². The summed E-state index contributed by atoms with van der Waals surface area (Å²) in [6.07, 6.45) is 4.91. The van der Waals surface area contributed by atoms with Crippen LogP contribution in [0.4, 0.5) is 4.79 Å². The van der Waals surface area contributed by atoms with Gasteiger partial charge in [-0.05, 0) is 50.6 Å². The molecule has 114 valence electrons. The molecule has 2 rings (SSSR count). The third kappa shape index (κ3) is 4.67. The van der Waals surface area contributed by atoms with E-state index in [4.69, 9.17) is 5.73 Å². The molecule has 2 saturated heterocycles. The summed E-state index contributed by atoms with van der Waals surface area (Å²) >= 11 is 0. The minimum atomic E-state index is -0.484. The zero-order valence-electron chi connectivity index (χ0n) is 12.1. The van der Waals surface area contributed by atoms with Crippen LogP contribution in [0.5, 0.6) is 0 Å². The molecule has 6 nitrogen and oxygen atoms in total. The molecule has 0 bridgehead atoms. The second kappa shape index (κ2) is 7.47. The smallest absolute Gasteiger partial charge is 0.312 e. The van der Waals surface area contributed by atoms with Crippen molar-refractivity contribution >= 4 is 11.9 Å². The fraction of sp³-hybridized carbons (Fsp3) is 0.857. The average Bonchev–Trinajstić information content (AvgIpc) is 2.96. The standard InChI is InChI=1S/C14H26N4O2/c15-14(20)17-9-12-2-1-7-18(10-12)13(19)4-3-11-5-6-16-8-11/h11-12,16H,1-10H2,(H3,15,17,20). The third-order valence-electron chi connectivity index (χ3n) is 4.37. The number of hydrogen-bond donors (Lipinski definition) is 3. The molecule has 0 aromatic carbocycles. The Morgan fingerprint density at radius 2 is 2.15 bits per heavy atom. The highest BCUT2D eigenvalue weighted by atomic mass is 16.2. The van der Waals surface area contributed by atoms with Gasteiger partial charge >= 0.3 is 6.03 Å². The third-order valence-corrected chi connectivity index (χ3v) is 4.37. The Morgan fingerprint density at radius 3 is 2.85 bits per heavy atom. The number of nitrogens with zero attached hydrogens (tertiary/aromatic N) is 1. The SMILES string of the molecule is NC(=O)NCC1CCCN(C(=O)CCC2CCNC2)C1. The van der Waals surface area contributed by atoms with E-state index in [0.29, 0.717) is 24.8 Å². The molecule has 2 aliphatic rings.